The zero-order chi connectivity index (χ0) is 12.7. The Balaban J connectivity index is 2.25. The molecule has 0 aliphatic heterocycles. The van der Waals surface area contributed by atoms with Crippen LogP contribution in [0, 0.1) is 0 Å². The number of rotatable bonds is 7. The molecule has 1 aromatic heterocycles. The molecule has 1 heterocycles. The molecule has 0 spiro atoms. The molecule has 0 aliphatic carbocycles. The van der Waals surface area contributed by atoms with Gasteiger partial charge >= 0.3 is 5.97 Å². The summed E-state index contributed by atoms with van der Waals surface area (Å²) in [6, 6.07) is 2.05. The molecule has 0 saturated heterocycles. The lowest BCUT2D eigenvalue weighted by molar-refractivity contribution is -0.145. The number of ether oxygens (including phenoxy) is 1. The zero-order valence-electron chi connectivity index (χ0n) is 10.3. The van der Waals surface area contributed by atoms with Crippen LogP contribution >= 0.6 is 11.3 Å². The molecule has 1 N–H and O–H groups in total. The first-order chi connectivity index (χ1) is 8.11. The molecule has 4 nitrogen and oxygen atoms in total. The maximum absolute atomic E-state index is 11.2. The molecule has 1 atom stereocenters. The van der Waals surface area contributed by atoms with Gasteiger partial charge in [0.15, 0.2) is 0 Å². The van der Waals surface area contributed by atoms with Gasteiger partial charge in [-0.15, -0.1) is 0 Å². The van der Waals surface area contributed by atoms with Crippen LogP contribution in [0.3, 0.4) is 0 Å². The van der Waals surface area contributed by atoms with Crippen molar-refractivity contribution < 1.29 is 14.6 Å². The van der Waals surface area contributed by atoms with Gasteiger partial charge < -0.3 is 9.84 Å². The second kappa shape index (κ2) is 7.42. The summed E-state index contributed by atoms with van der Waals surface area (Å²) >= 11 is 1.65. The summed E-state index contributed by atoms with van der Waals surface area (Å²) in [5.41, 5.74) is 1.22. The van der Waals surface area contributed by atoms with Gasteiger partial charge in [-0.05, 0) is 36.4 Å². The van der Waals surface area contributed by atoms with Gasteiger partial charge in [-0.25, -0.2) is 0 Å². The van der Waals surface area contributed by atoms with E-state index in [9.17, 15) is 9.90 Å². The van der Waals surface area contributed by atoms with Crippen LogP contribution in [0.4, 0.5) is 0 Å². The SMILES string of the molecule is CCOC(=O)CC(O)CN(C)Cc1ccsc1. The van der Waals surface area contributed by atoms with E-state index in [-0.39, 0.29) is 12.4 Å². The van der Waals surface area contributed by atoms with E-state index in [1.54, 1.807) is 18.3 Å². The molecule has 17 heavy (non-hydrogen) atoms. The van der Waals surface area contributed by atoms with Crippen molar-refractivity contribution in [3.63, 3.8) is 0 Å². The van der Waals surface area contributed by atoms with Crippen LogP contribution in [0.25, 0.3) is 0 Å². The largest absolute Gasteiger partial charge is 0.466 e. The minimum atomic E-state index is -0.669. The van der Waals surface area contributed by atoms with Gasteiger partial charge in [-0.1, -0.05) is 0 Å². The molecule has 1 aromatic rings. The lowest BCUT2D eigenvalue weighted by Crippen LogP contribution is -2.30. The Morgan fingerprint density at radius 1 is 1.65 bits per heavy atom. The molecule has 1 rings (SSSR count). The van der Waals surface area contributed by atoms with E-state index >= 15 is 0 Å². The zero-order valence-corrected chi connectivity index (χ0v) is 11.1. The predicted molar refractivity (Wildman–Crippen MR) is 67.9 cm³/mol. The van der Waals surface area contributed by atoms with Gasteiger partial charge in [-0.3, -0.25) is 9.69 Å². The quantitative estimate of drug-likeness (QED) is 0.752. The normalized spacial score (nSPS) is 12.7. The smallest absolute Gasteiger partial charge is 0.308 e. The third-order valence-electron chi connectivity index (χ3n) is 2.26. The molecule has 96 valence electrons. The number of esters is 1. The highest BCUT2D eigenvalue weighted by Gasteiger charge is 2.14. The number of hydrogen-bond donors (Lipinski definition) is 1. The Labute approximate surface area is 106 Å². The first-order valence-corrected chi connectivity index (χ1v) is 6.59. The van der Waals surface area contributed by atoms with Gasteiger partial charge in [0.2, 0.25) is 0 Å². The standard InChI is InChI=1S/C12H19NO3S/c1-3-16-12(15)6-11(14)8-13(2)7-10-4-5-17-9-10/h4-5,9,11,14H,3,6-8H2,1-2H3. The molecule has 0 aromatic carbocycles. The average molecular weight is 257 g/mol. The first-order valence-electron chi connectivity index (χ1n) is 5.65. The summed E-state index contributed by atoms with van der Waals surface area (Å²) in [4.78, 5) is 13.1. The predicted octanol–water partition coefficient (Wildman–Crippen LogP) is 1.49. The van der Waals surface area contributed by atoms with Crippen LogP contribution in [0.1, 0.15) is 18.9 Å². The highest BCUT2D eigenvalue weighted by Crippen LogP contribution is 2.09. The number of carbonyl (C=O) groups excluding carboxylic acids is 1. The van der Waals surface area contributed by atoms with Crippen molar-refractivity contribution in [1.29, 1.82) is 0 Å². The molecule has 0 aliphatic rings. The van der Waals surface area contributed by atoms with E-state index in [1.165, 1.54) is 5.56 Å². The van der Waals surface area contributed by atoms with Gasteiger partial charge in [-0.2, -0.15) is 11.3 Å². The molecule has 0 radical (unpaired) electrons. The molecular formula is C12H19NO3S. The summed E-state index contributed by atoms with van der Waals surface area (Å²) < 4.78 is 4.78. The van der Waals surface area contributed by atoms with Crippen LogP contribution < -0.4 is 0 Å². The van der Waals surface area contributed by atoms with Gasteiger partial charge in [0.25, 0.3) is 0 Å². The molecule has 0 amide bonds. The number of aliphatic hydroxyl groups excluding tert-OH is 1. The van der Waals surface area contributed by atoms with Gasteiger partial charge in [0.05, 0.1) is 19.1 Å². The number of thiophene rings is 1. The summed E-state index contributed by atoms with van der Waals surface area (Å²) in [5, 5.41) is 13.8. The number of carbonyl (C=O) groups is 1. The van der Waals surface area contributed by atoms with E-state index in [0.29, 0.717) is 13.2 Å². The number of aliphatic hydroxyl groups is 1. The summed E-state index contributed by atoms with van der Waals surface area (Å²) in [6.07, 6.45) is -0.611. The van der Waals surface area contributed by atoms with Crippen LogP contribution in [0.2, 0.25) is 0 Å². The molecule has 0 fully saturated rings. The minimum Gasteiger partial charge on any atom is -0.466 e. The summed E-state index contributed by atoms with van der Waals surface area (Å²) in [6.45, 7) is 3.36. The monoisotopic (exact) mass is 257 g/mol. The van der Waals surface area contributed by atoms with E-state index < -0.39 is 6.10 Å². The van der Waals surface area contributed by atoms with Crippen LogP contribution in [-0.2, 0) is 16.1 Å². The van der Waals surface area contributed by atoms with Crippen LogP contribution in [0.15, 0.2) is 16.8 Å². The van der Waals surface area contributed by atoms with Crippen LogP contribution in [0.5, 0.6) is 0 Å². The number of nitrogens with zero attached hydrogens (tertiary/aromatic N) is 1. The second-order valence-electron chi connectivity index (χ2n) is 3.99. The summed E-state index contributed by atoms with van der Waals surface area (Å²) in [7, 11) is 1.92. The van der Waals surface area contributed by atoms with Crippen molar-refractivity contribution in [2.24, 2.45) is 0 Å². The number of likely N-dealkylation sites (N-methyl/N-ethyl adjacent to an activating group) is 1. The minimum absolute atomic E-state index is 0.0574. The Morgan fingerprint density at radius 3 is 3.00 bits per heavy atom. The molecular weight excluding hydrogens is 238 g/mol. The Hall–Kier alpha value is -0.910. The van der Waals surface area contributed by atoms with Crippen molar-refractivity contribution in [2.45, 2.75) is 26.0 Å². The molecule has 5 heteroatoms. The third-order valence-corrected chi connectivity index (χ3v) is 2.99. The van der Waals surface area contributed by atoms with Gasteiger partial charge in [0.1, 0.15) is 0 Å². The maximum Gasteiger partial charge on any atom is 0.308 e. The Kier molecular flexibility index (Phi) is 6.18. The van der Waals surface area contributed by atoms with Crippen molar-refractivity contribution in [3.8, 4) is 0 Å². The molecule has 0 saturated carbocycles. The molecule has 0 bridgehead atoms. The van der Waals surface area contributed by atoms with Crippen LogP contribution in [-0.4, -0.2) is 42.3 Å². The average Bonchev–Trinajstić information content (AvgIpc) is 2.69. The van der Waals surface area contributed by atoms with Crippen molar-refractivity contribution in [3.05, 3.63) is 22.4 Å². The first kappa shape index (κ1) is 14.2. The van der Waals surface area contributed by atoms with E-state index in [2.05, 4.69) is 11.4 Å². The van der Waals surface area contributed by atoms with E-state index in [4.69, 9.17) is 4.74 Å². The lowest BCUT2D eigenvalue weighted by Gasteiger charge is -2.19. The highest BCUT2D eigenvalue weighted by molar-refractivity contribution is 7.07. The van der Waals surface area contributed by atoms with Gasteiger partial charge in [0, 0.05) is 13.1 Å². The summed E-state index contributed by atoms with van der Waals surface area (Å²) in [5.74, 6) is -0.344. The second-order valence-corrected chi connectivity index (χ2v) is 4.77. The van der Waals surface area contributed by atoms with E-state index in [0.717, 1.165) is 6.54 Å². The van der Waals surface area contributed by atoms with Crippen molar-refractivity contribution in [1.82, 2.24) is 4.90 Å². The fourth-order valence-corrected chi connectivity index (χ4v) is 2.26. The Morgan fingerprint density at radius 2 is 2.41 bits per heavy atom. The highest BCUT2D eigenvalue weighted by atomic mass is 32.1. The van der Waals surface area contributed by atoms with Crippen molar-refractivity contribution in [2.75, 3.05) is 20.2 Å². The lowest BCUT2D eigenvalue weighted by atomic mass is 10.2. The fourth-order valence-electron chi connectivity index (χ4n) is 1.60. The Bertz CT molecular complexity index is 327. The molecule has 1 unspecified atom stereocenters. The fraction of sp³-hybridized carbons (Fsp3) is 0.583. The van der Waals surface area contributed by atoms with E-state index in [1.807, 2.05) is 17.3 Å². The third kappa shape index (κ3) is 5.81. The van der Waals surface area contributed by atoms with Crippen molar-refractivity contribution >= 4 is 17.3 Å². The maximum atomic E-state index is 11.2. The number of hydrogen-bond acceptors (Lipinski definition) is 5. The topological polar surface area (TPSA) is 49.8 Å².